The Hall–Kier alpha value is -2.18. The summed E-state index contributed by atoms with van der Waals surface area (Å²) in [5.74, 6) is 0.999. The number of nitrogens with one attached hydrogen (secondary N) is 1. The van der Waals surface area contributed by atoms with E-state index in [9.17, 15) is 4.79 Å². The minimum atomic E-state index is -0.210. The number of carbonyl (C=O) groups is 1. The summed E-state index contributed by atoms with van der Waals surface area (Å²) in [7, 11) is 0. The van der Waals surface area contributed by atoms with E-state index in [0.717, 1.165) is 30.8 Å². The Bertz CT molecular complexity index is 662. The second-order valence-electron chi connectivity index (χ2n) is 5.52. The van der Waals surface area contributed by atoms with E-state index < -0.39 is 0 Å². The molecular weight excluding hydrogens is 296 g/mol. The van der Waals surface area contributed by atoms with Gasteiger partial charge in [-0.25, -0.2) is 4.98 Å². The number of para-hydroxylation sites is 1. The number of carbonyl (C=O) groups excluding carboxylic acids is 1. The molecule has 0 aliphatic carbocycles. The lowest BCUT2D eigenvalue weighted by Crippen LogP contribution is -2.22. The number of hydrogen-bond acceptors (Lipinski definition) is 5. The molecule has 1 amide bonds. The van der Waals surface area contributed by atoms with Gasteiger partial charge in [0.15, 0.2) is 0 Å². The minimum absolute atomic E-state index is 0.00119. The third kappa shape index (κ3) is 4.18. The van der Waals surface area contributed by atoms with Crippen LogP contribution in [0.25, 0.3) is 11.5 Å². The lowest BCUT2D eigenvalue weighted by atomic mass is 10.2. The van der Waals surface area contributed by atoms with E-state index >= 15 is 0 Å². The van der Waals surface area contributed by atoms with Crippen molar-refractivity contribution in [1.82, 2.24) is 4.98 Å². The van der Waals surface area contributed by atoms with Crippen molar-refractivity contribution in [2.24, 2.45) is 0 Å². The van der Waals surface area contributed by atoms with Crippen molar-refractivity contribution in [3.05, 3.63) is 36.2 Å². The largest absolute Gasteiger partial charge is 0.441 e. The monoisotopic (exact) mass is 316 g/mol. The van der Waals surface area contributed by atoms with Gasteiger partial charge in [0.05, 0.1) is 30.2 Å². The highest BCUT2D eigenvalue weighted by atomic mass is 16.5. The standard InChI is InChI=1S/C17H20N2O4/c1-12-9-18-17(23-12)14-6-2-3-7-15(14)19-16(20)11-21-10-13-5-4-8-22-13/h2-3,6-7,9,13H,4-5,8,10-11H2,1H3,(H,19,20). The van der Waals surface area contributed by atoms with Gasteiger partial charge < -0.3 is 19.2 Å². The zero-order chi connectivity index (χ0) is 16.1. The Balaban J connectivity index is 1.57. The zero-order valence-corrected chi connectivity index (χ0v) is 13.1. The highest BCUT2D eigenvalue weighted by Crippen LogP contribution is 2.27. The topological polar surface area (TPSA) is 73.6 Å². The van der Waals surface area contributed by atoms with Crippen LogP contribution in [0.1, 0.15) is 18.6 Å². The predicted molar refractivity (Wildman–Crippen MR) is 85.1 cm³/mol. The van der Waals surface area contributed by atoms with Crippen molar-refractivity contribution < 1.29 is 18.7 Å². The van der Waals surface area contributed by atoms with E-state index in [2.05, 4.69) is 10.3 Å². The van der Waals surface area contributed by atoms with Gasteiger partial charge in [0.2, 0.25) is 11.8 Å². The van der Waals surface area contributed by atoms with Crippen LogP contribution in [0.5, 0.6) is 0 Å². The zero-order valence-electron chi connectivity index (χ0n) is 13.1. The first-order valence-corrected chi connectivity index (χ1v) is 7.73. The first kappa shape index (κ1) is 15.7. The normalized spacial score (nSPS) is 17.3. The highest BCUT2D eigenvalue weighted by Gasteiger charge is 2.16. The smallest absolute Gasteiger partial charge is 0.250 e. The first-order valence-electron chi connectivity index (χ1n) is 7.73. The van der Waals surface area contributed by atoms with Crippen molar-refractivity contribution >= 4 is 11.6 Å². The molecule has 1 unspecified atom stereocenters. The molecule has 6 heteroatoms. The summed E-state index contributed by atoms with van der Waals surface area (Å²) in [5.41, 5.74) is 1.40. The van der Waals surface area contributed by atoms with Crippen LogP contribution in [0, 0.1) is 6.92 Å². The fraction of sp³-hybridized carbons (Fsp3) is 0.412. The lowest BCUT2D eigenvalue weighted by Gasteiger charge is -2.11. The summed E-state index contributed by atoms with van der Waals surface area (Å²) in [6.45, 7) is 3.06. The Morgan fingerprint density at radius 3 is 3.04 bits per heavy atom. The molecule has 1 aliphatic heterocycles. The van der Waals surface area contributed by atoms with Gasteiger partial charge in [0.25, 0.3) is 0 Å². The number of ether oxygens (including phenoxy) is 2. The molecule has 1 aliphatic rings. The van der Waals surface area contributed by atoms with E-state index in [-0.39, 0.29) is 18.6 Å². The van der Waals surface area contributed by atoms with Crippen molar-refractivity contribution in [3.8, 4) is 11.5 Å². The number of aryl methyl sites for hydroxylation is 1. The van der Waals surface area contributed by atoms with Gasteiger partial charge in [-0.15, -0.1) is 0 Å². The van der Waals surface area contributed by atoms with Crippen LogP contribution >= 0.6 is 0 Å². The number of hydrogen-bond donors (Lipinski definition) is 1. The van der Waals surface area contributed by atoms with Gasteiger partial charge in [-0.05, 0) is 31.9 Å². The van der Waals surface area contributed by atoms with Crippen LogP contribution in [0.15, 0.2) is 34.9 Å². The molecule has 0 bridgehead atoms. The molecule has 122 valence electrons. The molecule has 1 aromatic carbocycles. The second-order valence-corrected chi connectivity index (χ2v) is 5.52. The summed E-state index contributed by atoms with van der Waals surface area (Å²) in [4.78, 5) is 16.2. The molecule has 6 nitrogen and oxygen atoms in total. The second kappa shape index (κ2) is 7.39. The number of anilines is 1. The molecule has 1 N–H and O–H groups in total. The van der Waals surface area contributed by atoms with Crippen molar-refractivity contribution in [2.75, 3.05) is 25.1 Å². The quantitative estimate of drug-likeness (QED) is 0.887. The summed E-state index contributed by atoms with van der Waals surface area (Å²) >= 11 is 0. The van der Waals surface area contributed by atoms with Crippen LogP contribution in [-0.4, -0.2) is 36.8 Å². The average molecular weight is 316 g/mol. The first-order chi connectivity index (χ1) is 11.2. The molecule has 0 radical (unpaired) electrons. The molecule has 1 fully saturated rings. The Labute approximate surface area is 134 Å². The van der Waals surface area contributed by atoms with E-state index in [1.165, 1.54) is 0 Å². The number of nitrogens with zero attached hydrogens (tertiary/aromatic N) is 1. The SMILES string of the molecule is Cc1cnc(-c2ccccc2NC(=O)COCC2CCCO2)o1. The Morgan fingerprint density at radius 1 is 1.43 bits per heavy atom. The maximum Gasteiger partial charge on any atom is 0.250 e. The molecule has 1 aromatic heterocycles. The summed E-state index contributed by atoms with van der Waals surface area (Å²) in [6.07, 6.45) is 3.82. The predicted octanol–water partition coefficient (Wildman–Crippen LogP) is 2.78. The molecule has 23 heavy (non-hydrogen) atoms. The molecule has 2 aromatic rings. The molecule has 3 rings (SSSR count). The van der Waals surface area contributed by atoms with E-state index in [1.54, 1.807) is 6.20 Å². The van der Waals surface area contributed by atoms with Crippen LogP contribution in [-0.2, 0) is 14.3 Å². The van der Waals surface area contributed by atoms with Crippen molar-refractivity contribution in [3.63, 3.8) is 0 Å². The fourth-order valence-electron chi connectivity index (χ4n) is 2.50. The number of rotatable bonds is 6. The summed E-state index contributed by atoms with van der Waals surface area (Å²) < 4.78 is 16.4. The third-order valence-electron chi connectivity index (χ3n) is 3.61. The van der Waals surface area contributed by atoms with Crippen LogP contribution in [0.2, 0.25) is 0 Å². The van der Waals surface area contributed by atoms with E-state index in [0.29, 0.717) is 18.2 Å². The van der Waals surface area contributed by atoms with Crippen LogP contribution in [0.3, 0.4) is 0 Å². The summed E-state index contributed by atoms with van der Waals surface area (Å²) in [5, 5.41) is 2.84. The molecule has 0 saturated carbocycles. The van der Waals surface area contributed by atoms with E-state index in [4.69, 9.17) is 13.9 Å². The van der Waals surface area contributed by atoms with Gasteiger partial charge in [-0.2, -0.15) is 0 Å². The minimum Gasteiger partial charge on any atom is -0.441 e. The third-order valence-corrected chi connectivity index (χ3v) is 3.61. The lowest BCUT2D eigenvalue weighted by molar-refractivity contribution is -0.121. The van der Waals surface area contributed by atoms with Gasteiger partial charge in [0, 0.05) is 6.61 Å². The Morgan fingerprint density at radius 2 is 2.30 bits per heavy atom. The van der Waals surface area contributed by atoms with Gasteiger partial charge in [-0.1, -0.05) is 12.1 Å². The number of benzene rings is 1. The van der Waals surface area contributed by atoms with Crippen LogP contribution < -0.4 is 5.32 Å². The van der Waals surface area contributed by atoms with Gasteiger partial charge in [0.1, 0.15) is 12.4 Å². The number of amides is 1. The summed E-state index contributed by atoms with van der Waals surface area (Å²) in [6, 6.07) is 7.39. The average Bonchev–Trinajstić information content (AvgIpc) is 3.19. The van der Waals surface area contributed by atoms with E-state index in [1.807, 2.05) is 31.2 Å². The van der Waals surface area contributed by atoms with Gasteiger partial charge >= 0.3 is 0 Å². The molecule has 1 saturated heterocycles. The molecule has 2 heterocycles. The maximum absolute atomic E-state index is 12.0. The van der Waals surface area contributed by atoms with Crippen molar-refractivity contribution in [2.45, 2.75) is 25.9 Å². The molecule has 1 atom stereocenters. The number of aromatic nitrogens is 1. The maximum atomic E-state index is 12.0. The molecule has 0 spiro atoms. The highest BCUT2D eigenvalue weighted by molar-refractivity contribution is 5.95. The Kier molecular flexibility index (Phi) is 5.05. The van der Waals surface area contributed by atoms with Crippen LogP contribution in [0.4, 0.5) is 5.69 Å². The number of oxazole rings is 1. The van der Waals surface area contributed by atoms with Crippen molar-refractivity contribution in [1.29, 1.82) is 0 Å². The van der Waals surface area contributed by atoms with Gasteiger partial charge in [-0.3, -0.25) is 4.79 Å². The fourth-order valence-corrected chi connectivity index (χ4v) is 2.50. The molecular formula is C17H20N2O4.